The predicted octanol–water partition coefficient (Wildman–Crippen LogP) is 3.93. The van der Waals surface area contributed by atoms with Gasteiger partial charge in [-0.15, -0.1) is 0 Å². The first-order valence-corrected chi connectivity index (χ1v) is 6.68. The molecule has 1 aromatic carbocycles. The fourth-order valence-electron chi connectivity index (χ4n) is 2.40. The van der Waals surface area contributed by atoms with Crippen molar-refractivity contribution in [2.75, 3.05) is 0 Å². The Balaban J connectivity index is 1.81. The van der Waals surface area contributed by atoms with E-state index in [1.807, 2.05) is 58.0 Å². The van der Waals surface area contributed by atoms with E-state index in [-0.39, 0.29) is 5.82 Å². The molecule has 0 spiro atoms. The summed E-state index contributed by atoms with van der Waals surface area (Å²) in [6, 6.07) is 14.4. The average Bonchev–Trinajstić information content (AvgIpc) is 3.16. The zero-order valence-electron chi connectivity index (χ0n) is 11.1. The molecule has 4 heteroatoms. The minimum absolute atomic E-state index is 0.239. The van der Waals surface area contributed by atoms with Crippen molar-refractivity contribution in [1.82, 2.24) is 14.0 Å². The summed E-state index contributed by atoms with van der Waals surface area (Å²) < 4.78 is 17.0. The number of nitrogens with zero attached hydrogens (tertiary/aromatic N) is 3. The van der Waals surface area contributed by atoms with Gasteiger partial charge in [-0.1, -0.05) is 0 Å². The standard InChI is InChI=1S/C17H12FN3/c18-14-5-3-13(4-6-14)16-12-21-11-15(7-8-17(21)19-16)20-9-1-2-10-20/h1-12H. The number of fused-ring (bicyclic) bond motifs is 1. The van der Waals surface area contributed by atoms with Crippen LogP contribution in [0.25, 0.3) is 22.6 Å². The van der Waals surface area contributed by atoms with E-state index >= 15 is 0 Å². The summed E-state index contributed by atoms with van der Waals surface area (Å²) >= 11 is 0. The number of halogens is 1. The molecule has 0 fully saturated rings. The summed E-state index contributed by atoms with van der Waals surface area (Å²) in [6.07, 6.45) is 7.98. The second-order valence-electron chi connectivity index (χ2n) is 4.88. The van der Waals surface area contributed by atoms with Crippen molar-refractivity contribution < 1.29 is 4.39 Å². The molecule has 0 N–H and O–H groups in total. The Hall–Kier alpha value is -2.88. The van der Waals surface area contributed by atoms with E-state index in [1.165, 1.54) is 12.1 Å². The molecule has 4 aromatic rings. The van der Waals surface area contributed by atoms with Gasteiger partial charge in [0.05, 0.1) is 11.4 Å². The zero-order chi connectivity index (χ0) is 14.2. The molecule has 0 bridgehead atoms. The summed E-state index contributed by atoms with van der Waals surface area (Å²) in [4.78, 5) is 4.57. The monoisotopic (exact) mass is 277 g/mol. The van der Waals surface area contributed by atoms with Crippen LogP contribution >= 0.6 is 0 Å². The van der Waals surface area contributed by atoms with Crippen molar-refractivity contribution in [3.05, 3.63) is 79.1 Å². The van der Waals surface area contributed by atoms with Crippen molar-refractivity contribution in [1.29, 1.82) is 0 Å². The topological polar surface area (TPSA) is 22.2 Å². The van der Waals surface area contributed by atoms with Crippen molar-refractivity contribution >= 4 is 5.65 Å². The van der Waals surface area contributed by atoms with Gasteiger partial charge < -0.3 is 8.97 Å². The van der Waals surface area contributed by atoms with Crippen LogP contribution in [0.4, 0.5) is 4.39 Å². The van der Waals surface area contributed by atoms with Gasteiger partial charge >= 0.3 is 0 Å². The van der Waals surface area contributed by atoms with E-state index in [1.54, 1.807) is 12.1 Å². The van der Waals surface area contributed by atoms with Crippen molar-refractivity contribution in [2.24, 2.45) is 0 Å². The molecule has 3 aromatic heterocycles. The third kappa shape index (κ3) is 2.10. The number of imidazole rings is 1. The second kappa shape index (κ2) is 4.59. The molecular formula is C17H12FN3. The molecule has 0 atom stereocenters. The lowest BCUT2D eigenvalue weighted by Crippen LogP contribution is -1.92. The Bertz CT molecular complexity index is 890. The third-order valence-electron chi connectivity index (χ3n) is 3.48. The summed E-state index contributed by atoms with van der Waals surface area (Å²) in [5.41, 5.74) is 3.67. The fourth-order valence-corrected chi connectivity index (χ4v) is 2.40. The van der Waals surface area contributed by atoms with E-state index in [2.05, 4.69) is 4.98 Å². The van der Waals surface area contributed by atoms with Crippen LogP contribution in [0.2, 0.25) is 0 Å². The lowest BCUT2D eigenvalue weighted by Gasteiger charge is -2.02. The highest BCUT2D eigenvalue weighted by atomic mass is 19.1. The second-order valence-corrected chi connectivity index (χ2v) is 4.88. The Kier molecular flexibility index (Phi) is 2.60. The Morgan fingerprint density at radius 3 is 2.38 bits per heavy atom. The molecule has 0 saturated carbocycles. The fraction of sp³-hybridized carbons (Fsp3) is 0. The van der Waals surface area contributed by atoms with Crippen LogP contribution in [0.3, 0.4) is 0 Å². The highest BCUT2D eigenvalue weighted by molar-refractivity contribution is 5.63. The van der Waals surface area contributed by atoms with Gasteiger partial charge in [0, 0.05) is 30.4 Å². The van der Waals surface area contributed by atoms with Gasteiger partial charge in [-0.05, 0) is 48.5 Å². The van der Waals surface area contributed by atoms with E-state index in [0.29, 0.717) is 0 Å². The first kappa shape index (κ1) is 11.9. The number of benzene rings is 1. The van der Waals surface area contributed by atoms with Crippen LogP contribution in [-0.4, -0.2) is 14.0 Å². The minimum atomic E-state index is -0.239. The first-order valence-electron chi connectivity index (χ1n) is 6.68. The largest absolute Gasteiger partial charge is 0.322 e. The molecule has 0 radical (unpaired) electrons. The van der Waals surface area contributed by atoms with Crippen LogP contribution in [0, 0.1) is 5.82 Å². The van der Waals surface area contributed by atoms with Crippen LogP contribution in [0.15, 0.2) is 73.3 Å². The molecule has 0 unspecified atom stereocenters. The molecule has 0 saturated heterocycles. The quantitative estimate of drug-likeness (QED) is 0.544. The molecule has 0 amide bonds. The first-order chi connectivity index (χ1) is 10.3. The average molecular weight is 277 g/mol. The maximum Gasteiger partial charge on any atom is 0.137 e. The zero-order valence-corrected chi connectivity index (χ0v) is 11.1. The number of pyridine rings is 1. The van der Waals surface area contributed by atoms with Crippen LogP contribution < -0.4 is 0 Å². The molecular weight excluding hydrogens is 265 g/mol. The summed E-state index contributed by atoms with van der Waals surface area (Å²) in [7, 11) is 0. The van der Waals surface area contributed by atoms with Gasteiger partial charge in [-0.2, -0.15) is 0 Å². The molecule has 21 heavy (non-hydrogen) atoms. The van der Waals surface area contributed by atoms with E-state index in [9.17, 15) is 4.39 Å². The molecule has 3 heterocycles. The molecule has 0 aliphatic heterocycles. The molecule has 0 aliphatic carbocycles. The number of hydrogen-bond acceptors (Lipinski definition) is 1. The number of aromatic nitrogens is 3. The maximum absolute atomic E-state index is 13.0. The molecule has 3 nitrogen and oxygen atoms in total. The molecule has 4 rings (SSSR count). The van der Waals surface area contributed by atoms with Crippen molar-refractivity contribution in [3.8, 4) is 16.9 Å². The smallest absolute Gasteiger partial charge is 0.137 e. The summed E-state index contributed by atoms with van der Waals surface area (Å²) in [6.45, 7) is 0. The summed E-state index contributed by atoms with van der Waals surface area (Å²) in [5, 5.41) is 0. The summed E-state index contributed by atoms with van der Waals surface area (Å²) in [5.74, 6) is -0.239. The lowest BCUT2D eigenvalue weighted by molar-refractivity contribution is 0.628. The number of hydrogen-bond donors (Lipinski definition) is 0. The van der Waals surface area contributed by atoms with Gasteiger partial charge in [0.1, 0.15) is 11.5 Å². The van der Waals surface area contributed by atoms with Gasteiger partial charge in [0.15, 0.2) is 0 Å². The minimum Gasteiger partial charge on any atom is -0.322 e. The van der Waals surface area contributed by atoms with Crippen molar-refractivity contribution in [2.45, 2.75) is 0 Å². The predicted molar refractivity (Wildman–Crippen MR) is 79.9 cm³/mol. The number of rotatable bonds is 2. The highest BCUT2D eigenvalue weighted by Crippen LogP contribution is 2.20. The van der Waals surface area contributed by atoms with Gasteiger partial charge in [0.25, 0.3) is 0 Å². The van der Waals surface area contributed by atoms with E-state index < -0.39 is 0 Å². The normalized spacial score (nSPS) is 11.1. The highest BCUT2D eigenvalue weighted by Gasteiger charge is 2.05. The van der Waals surface area contributed by atoms with E-state index in [0.717, 1.165) is 22.6 Å². The van der Waals surface area contributed by atoms with Crippen LogP contribution in [0.1, 0.15) is 0 Å². The maximum atomic E-state index is 13.0. The van der Waals surface area contributed by atoms with E-state index in [4.69, 9.17) is 0 Å². The van der Waals surface area contributed by atoms with Crippen LogP contribution in [-0.2, 0) is 0 Å². The van der Waals surface area contributed by atoms with Crippen molar-refractivity contribution in [3.63, 3.8) is 0 Å². The van der Waals surface area contributed by atoms with Gasteiger partial charge in [0.2, 0.25) is 0 Å². The van der Waals surface area contributed by atoms with Gasteiger partial charge in [-0.25, -0.2) is 9.37 Å². The Morgan fingerprint density at radius 1 is 0.857 bits per heavy atom. The lowest BCUT2D eigenvalue weighted by atomic mass is 10.2. The molecule has 0 aliphatic rings. The third-order valence-corrected chi connectivity index (χ3v) is 3.48. The Labute approximate surface area is 120 Å². The molecule has 102 valence electrons. The SMILES string of the molecule is Fc1ccc(-c2cn3cc(-n4cccc4)ccc3n2)cc1. The Morgan fingerprint density at radius 2 is 1.62 bits per heavy atom. The van der Waals surface area contributed by atoms with Crippen LogP contribution in [0.5, 0.6) is 0 Å². The van der Waals surface area contributed by atoms with Gasteiger partial charge in [-0.3, -0.25) is 0 Å².